The zero-order valence-electron chi connectivity index (χ0n) is 11.1. The topological polar surface area (TPSA) is 79.5 Å². The van der Waals surface area contributed by atoms with Gasteiger partial charge in [0.1, 0.15) is 5.76 Å². The number of benzene rings is 1. The van der Waals surface area contributed by atoms with Crippen LogP contribution in [0, 0.1) is 0 Å². The summed E-state index contributed by atoms with van der Waals surface area (Å²) >= 11 is 0. The number of carboxylic acid groups (broad SMARTS) is 1. The molecule has 0 aliphatic heterocycles. The van der Waals surface area contributed by atoms with Crippen LogP contribution in [0.5, 0.6) is 0 Å². The molecule has 104 valence electrons. The molecule has 0 radical (unpaired) electrons. The number of carbonyl (C=O) groups excluding carboxylic acids is 1. The Morgan fingerprint density at radius 3 is 2.70 bits per heavy atom. The van der Waals surface area contributed by atoms with Gasteiger partial charge in [-0.05, 0) is 29.8 Å². The SMILES string of the molecule is CCc1ccc(C(=O)Nc2cccc(CC(=O)O)c2)o1. The number of carboxylic acids is 1. The van der Waals surface area contributed by atoms with Gasteiger partial charge in [-0.25, -0.2) is 0 Å². The number of hydrogen-bond acceptors (Lipinski definition) is 3. The molecule has 0 atom stereocenters. The Kier molecular flexibility index (Phi) is 4.20. The number of anilines is 1. The maximum atomic E-state index is 12.0. The van der Waals surface area contributed by atoms with Crippen molar-refractivity contribution in [2.75, 3.05) is 5.32 Å². The van der Waals surface area contributed by atoms with Crippen molar-refractivity contribution in [3.8, 4) is 0 Å². The highest BCUT2D eigenvalue weighted by molar-refractivity contribution is 6.02. The number of aliphatic carboxylic acids is 1. The lowest BCUT2D eigenvalue weighted by Crippen LogP contribution is -2.11. The van der Waals surface area contributed by atoms with E-state index in [1.807, 2.05) is 6.92 Å². The first-order valence-electron chi connectivity index (χ1n) is 6.29. The van der Waals surface area contributed by atoms with Crippen molar-refractivity contribution in [2.45, 2.75) is 19.8 Å². The molecular weight excluding hydrogens is 258 g/mol. The van der Waals surface area contributed by atoms with Crippen LogP contribution >= 0.6 is 0 Å². The summed E-state index contributed by atoms with van der Waals surface area (Å²) in [5.41, 5.74) is 1.17. The van der Waals surface area contributed by atoms with Crippen LogP contribution in [0.15, 0.2) is 40.8 Å². The molecule has 0 spiro atoms. The summed E-state index contributed by atoms with van der Waals surface area (Å²) in [6.45, 7) is 1.94. The van der Waals surface area contributed by atoms with E-state index in [4.69, 9.17) is 9.52 Å². The predicted octanol–water partition coefficient (Wildman–Crippen LogP) is 2.72. The first kappa shape index (κ1) is 13.9. The Balaban J connectivity index is 2.09. The predicted molar refractivity (Wildman–Crippen MR) is 73.8 cm³/mol. The monoisotopic (exact) mass is 273 g/mol. The molecule has 2 aromatic rings. The summed E-state index contributed by atoms with van der Waals surface area (Å²) < 4.78 is 5.36. The lowest BCUT2D eigenvalue weighted by atomic mass is 10.1. The van der Waals surface area contributed by atoms with Crippen molar-refractivity contribution >= 4 is 17.6 Å². The number of rotatable bonds is 5. The van der Waals surface area contributed by atoms with Gasteiger partial charge in [-0.3, -0.25) is 9.59 Å². The number of hydrogen-bond donors (Lipinski definition) is 2. The van der Waals surface area contributed by atoms with Crippen molar-refractivity contribution in [2.24, 2.45) is 0 Å². The van der Waals surface area contributed by atoms with Crippen LogP contribution in [0.1, 0.15) is 28.8 Å². The number of aryl methyl sites for hydroxylation is 1. The van der Waals surface area contributed by atoms with Crippen LogP contribution in [0.25, 0.3) is 0 Å². The smallest absolute Gasteiger partial charge is 0.307 e. The fraction of sp³-hybridized carbons (Fsp3) is 0.200. The maximum absolute atomic E-state index is 12.0. The zero-order chi connectivity index (χ0) is 14.5. The highest BCUT2D eigenvalue weighted by Gasteiger charge is 2.11. The van der Waals surface area contributed by atoms with E-state index in [9.17, 15) is 9.59 Å². The summed E-state index contributed by atoms with van der Waals surface area (Å²) in [6, 6.07) is 10.1. The number of nitrogens with one attached hydrogen (secondary N) is 1. The average molecular weight is 273 g/mol. The van der Waals surface area contributed by atoms with E-state index in [1.54, 1.807) is 36.4 Å². The van der Waals surface area contributed by atoms with E-state index in [1.165, 1.54) is 0 Å². The molecule has 0 aliphatic rings. The molecule has 0 saturated carbocycles. The number of amides is 1. The van der Waals surface area contributed by atoms with Gasteiger partial charge < -0.3 is 14.8 Å². The number of furan rings is 1. The minimum Gasteiger partial charge on any atom is -0.481 e. The lowest BCUT2D eigenvalue weighted by Gasteiger charge is -2.05. The van der Waals surface area contributed by atoms with Gasteiger partial charge in [0.05, 0.1) is 6.42 Å². The maximum Gasteiger partial charge on any atom is 0.307 e. The van der Waals surface area contributed by atoms with Crippen molar-refractivity contribution in [1.29, 1.82) is 0 Å². The number of carbonyl (C=O) groups is 2. The molecule has 1 amide bonds. The van der Waals surface area contributed by atoms with Crippen LogP contribution in [0.4, 0.5) is 5.69 Å². The normalized spacial score (nSPS) is 10.2. The van der Waals surface area contributed by atoms with Gasteiger partial charge in [0.25, 0.3) is 5.91 Å². The molecule has 0 aliphatic carbocycles. The minimum absolute atomic E-state index is 0.0789. The van der Waals surface area contributed by atoms with Crippen LogP contribution in [-0.2, 0) is 17.6 Å². The molecular formula is C15H15NO4. The Bertz CT molecular complexity index is 630. The molecule has 2 rings (SSSR count). The molecule has 2 N–H and O–H groups in total. The molecule has 1 heterocycles. The molecule has 0 unspecified atom stereocenters. The van der Waals surface area contributed by atoms with Gasteiger partial charge in [0, 0.05) is 12.1 Å². The van der Waals surface area contributed by atoms with Crippen molar-refractivity contribution in [3.05, 3.63) is 53.5 Å². The summed E-state index contributed by atoms with van der Waals surface area (Å²) in [5.74, 6) is -0.274. The quantitative estimate of drug-likeness (QED) is 0.877. The Morgan fingerprint density at radius 1 is 1.25 bits per heavy atom. The summed E-state index contributed by atoms with van der Waals surface area (Å²) in [4.78, 5) is 22.6. The van der Waals surface area contributed by atoms with Crippen molar-refractivity contribution < 1.29 is 19.1 Å². The van der Waals surface area contributed by atoms with Gasteiger partial charge in [0.2, 0.25) is 0 Å². The average Bonchev–Trinajstić information content (AvgIpc) is 2.87. The van der Waals surface area contributed by atoms with E-state index >= 15 is 0 Å². The second kappa shape index (κ2) is 6.06. The third-order valence-electron chi connectivity index (χ3n) is 2.77. The van der Waals surface area contributed by atoms with Crippen LogP contribution in [-0.4, -0.2) is 17.0 Å². The van der Waals surface area contributed by atoms with Gasteiger partial charge in [-0.2, -0.15) is 0 Å². The molecule has 5 nitrogen and oxygen atoms in total. The summed E-state index contributed by atoms with van der Waals surface area (Å²) in [7, 11) is 0. The van der Waals surface area contributed by atoms with E-state index < -0.39 is 5.97 Å². The fourth-order valence-corrected chi connectivity index (χ4v) is 1.82. The van der Waals surface area contributed by atoms with Gasteiger partial charge in [0.15, 0.2) is 5.76 Å². The minimum atomic E-state index is -0.910. The van der Waals surface area contributed by atoms with E-state index in [-0.39, 0.29) is 18.1 Å². The Hall–Kier alpha value is -2.56. The third kappa shape index (κ3) is 3.47. The fourth-order valence-electron chi connectivity index (χ4n) is 1.82. The van der Waals surface area contributed by atoms with Gasteiger partial charge in [-0.1, -0.05) is 19.1 Å². The summed E-state index contributed by atoms with van der Waals surface area (Å²) in [6.07, 6.45) is 0.645. The molecule has 5 heteroatoms. The third-order valence-corrected chi connectivity index (χ3v) is 2.77. The van der Waals surface area contributed by atoms with E-state index in [0.29, 0.717) is 11.3 Å². The van der Waals surface area contributed by atoms with Crippen molar-refractivity contribution in [1.82, 2.24) is 0 Å². The first-order valence-corrected chi connectivity index (χ1v) is 6.29. The van der Waals surface area contributed by atoms with Gasteiger partial charge >= 0.3 is 5.97 Å². The highest BCUT2D eigenvalue weighted by Crippen LogP contribution is 2.14. The lowest BCUT2D eigenvalue weighted by molar-refractivity contribution is -0.136. The van der Waals surface area contributed by atoms with Crippen LogP contribution in [0.2, 0.25) is 0 Å². The zero-order valence-corrected chi connectivity index (χ0v) is 11.1. The Labute approximate surface area is 116 Å². The molecule has 0 saturated heterocycles. The van der Waals surface area contributed by atoms with E-state index in [0.717, 1.165) is 12.2 Å². The molecule has 0 fully saturated rings. The molecule has 20 heavy (non-hydrogen) atoms. The Morgan fingerprint density at radius 2 is 2.05 bits per heavy atom. The standard InChI is InChI=1S/C15H15NO4/c1-2-12-6-7-13(20-12)15(19)16-11-5-3-4-10(8-11)9-14(17)18/h3-8H,2,9H2,1H3,(H,16,19)(H,17,18). The molecule has 1 aromatic heterocycles. The summed E-state index contributed by atoms with van der Waals surface area (Å²) in [5, 5.41) is 11.4. The highest BCUT2D eigenvalue weighted by atomic mass is 16.4. The first-order chi connectivity index (χ1) is 9.58. The van der Waals surface area contributed by atoms with Gasteiger partial charge in [-0.15, -0.1) is 0 Å². The second-order valence-electron chi connectivity index (χ2n) is 4.34. The van der Waals surface area contributed by atoms with Crippen LogP contribution in [0.3, 0.4) is 0 Å². The van der Waals surface area contributed by atoms with E-state index in [2.05, 4.69) is 5.32 Å². The molecule has 1 aromatic carbocycles. The largest absolute Gasteiger partial charge is 0.481 e. The molecule has 0 bridgehead atoms. The van der Waals surface area contributed by atoms with Crippen molar-refractivity contribution in [3.63, 3.8) is 0 Å². The second-order valence-corrected chi connectivity index (χ2v) is 4.34. The van der Waals surface area contributed by atoms with Crippen LogP contribution < -0.4 is 5.32 Å².